The minimum absolute atomic E-state index is 0.241. The Bertz CT molecular complexity index is 233. The summed E-state index contributed by atoms with van der Waals surface area (Å²) in [5, 5.41) is 3.45. The summed E-state index contributed by atoms with van der Waals surface area (Å²) in [6.07, 6.45) is 2.75. The van der Waals surface area contributed by atoms with Crippen molar-refractivity contribution in [1.82, 2.24) is 5.32 Å². The highest BCUT2D eigenvalue weighted by atomic mass is 16.5. The van der Waals surface area contributed by atoms with E-state index in [4.69, 9.17) is 9.15 Å². The van der Waals surface area contributed by atoms with Crippen LogP contribution < -0.4 is 5.32 Å². The number of nitrogens with one attached hydrogen (secondary N) is 1. The average Bonchev–Trinajstić information content (AvgIpc) is 2.69. The molecule has 0 saturated heterocycles. The van der Waals surface area contributed by atoms with E-state index in [1.165, 1.54) is 0 Å². The summed E-state index contributed by atoms with van der Waals surface area (Å²) in [6.45, 7) is 4.98. The van der Waals surface area contributed by atoms with Gasteiger partial charge in [0.25, 0.3) is 0 Å². The molecular formula is C11H19NO2. The van der Waals surface area contributed by atoms with Gasteiger partial charge in [0, 0.05) is 13.2 Å². The molecule has 1 rings (SSSR count). The van der Waals surface area contributed by atoms with Gasteiger partial charge in [-0.05, 0) is 25.5 Å². The minimum Gasteiger partial charge on any atom is -0.468 e. The van der Waals surface area contributed by atoms with Crippen LogP contribution >= 0.6 is 0 Å². The molecular weight excluding hydrogens is 178 g/mol. The Morgan fingerprint density at radius 3 is 2.86 bits per heavy atom. The van der Waals surface area contributed by atoms with Crippen molar-refractivity contribution in [2.75, 3.05) is 13.7 Å². The molecule has 2 atom stereocenters. The van der Waals surface area contributed by atoms with Gasteiger partial charge >= 0.3 is 0 Å². The molecule has 0 saturated carbocycles. The lowest BCUT2D eigenvalue weighted by Crippen LogP contribution is -2.34. The van der Waals surface area contributed by atoms with Crippen LogP contribution in [0, 0.1) is 0 Å². The number of methoxy groups -OCH3 is 1. The molecule has 0 radical (unpaired) electrons. The zero-order valence-electron chi connectivity index (χ0n) is 9.12. The van der Waals surface area contributed by atoms with Crippen molar-refractivity contribution in [2.24, 2.45) is 0 Å². The fraction of sp³-hybridized carbons (Fsp3) is 0.636. The predicted molar refractivity (Wildman–Crippen MR) is 56.2 cm³/mol. The van der Waals surface area contributed by atoms with Gasteiger partial charge in [0.2, 0.25) is 0 Å². The summed E-state index contributed by atoms with van der Waals surface area (Å²) in [5.74, 6) is 0.972. The monoisotopic (exact) mass is 197 g/mol. The molecule has 3 nitrogen and oxygen atoms in total. The van der Waals surface area contributed by atoms with Gasteiger partial charge in [-0.3, -0.25) is 0 Å². The molecule has 3 heteroatoms. The van der Waals surface area contributed by atoms with Gasteiger partial charge in [-0.2, -0.15) is 0 Å². The van der Waals surface area contributed by atoms with Crippen molar-refractivity contribution >= 4 is 0 Å². The maximum atomic E-state index is 5.32. The first-order valence-corrected chi connectivity index (χ1v) is 5.06. The molecule has 0 amide bonds. The molecule has 80 valence electrons. The van der Waals surface area contributed by atoms with Crippen molar-refractivity contribution in [3.8, 4) is 0 Å². The molecule has 2 unspecified atom stereocenters. The first-order valence-electron chi connectivity index (χ1n) is 5.06. The Kier molecular flexibility index (Phi) is 4.70. The second-order valence-corrected chi connectivity index (χ2v) is 3.46. The smallest absolute Gasteiger partial charge is 0.120 e. The number of ether oxygens (including phenoxy) is 1. The van der Waals surface area contributed by atoms with Gasteiger partial charge in [-0.1, -0.05) is 6.92 Å². The highest BCUT2D eigenvalue weighted by molar-refractivity contribution is 5.03. The van der Waals surface area contributed by atoms with Crippen molar-refractivity contribution in [3.05, 3.63) is 24.2 Å². The van der Waals surface area contributed by atoms with Gasteiger partial charge in [0.15, 0.2) is 0 Å². The molecule has 0 aromatic carbocycles. The maximum Gasteiger partial charge on any atom is 0.120 e. The third-order valence-electron chi connectivity index (χ3n) is 2.32. The van der Waals surface area contributed by atoms with Crippen LogP contribution in [-0.2, 0) is 4.74 Å². The molecule has 0 spiro atoms. The Morgan fingerprint density at radius 2 is 2.36 bits per heavy atom. The largest absolute Gasteiger partial charge is 0.468 e. The van der Waals surface area contributed by atoms with Crippen molar-refractivity contribution in [3.63, 3.8) is 0 Å². The third-order valence-corrected chi connectivity index (χ3v) is 2.32. The van der Waals surface area contributed by atoms with Crippen LogP contribution in [0.5, 0.6) is 0 Å². The summed E-state index contributed by atoms with van der Waals surface area (Å²) < 4.78 is 10.4. The second kappa shape index (κ2) is 5.83. The Hall–Kier alpha value is -0.800. The van der Waals surface area contributed by atoms with Gasteiger partial charge in [0.1, 0.15) is 5.76 Å². The Balaban J connectivity index is 2.42. The van der Waals surface area contributed by atoms with E-state index >= 15 is 0 Å². The van der Waals surface area contributed by atoms with Gasteiger partial charge in [-0.15, -0.1) is 0 Å². The summed E-state index contributed by atoms with van der Waals surface area (Å²) in [7, 11) is 1.72. The van der Waals surface area contributed by atoms with Crippen molar-refractivity contribution in [2.45, 2.75) is 32.4 Å². The van der Waals surface area contributed by atoms with Crippen molar-refractivity contribution < 1.29 is 9.15 Å². The molecule has 0 aliphatic heterocycles. The van der Waals surface area contributed by atoms with Gasteiger partial charge < -0.3 is 14.5 Å². The standard InChI is InChI=1S/C11H19NO2/c1-4-10(8-13-3)12-9(2)11-6-5-7-14-11/h5-7,9-10,12H,4,8H2,1-3H3. The molecule has 1 N–H and O–H groups in total. The van der Waals surface area contributed by atoms with Crippen LogP contribution in [0.4, 0.5) is 0 Å². The Morgan fingerprint density at radius 1 is 1.57 bits per heavy atom. The predicted octanol–water partition coefficient (Wildman–Crippen LogP) is 2.36. The molecule has 0 aliphatic carbocycles. The molecule has 0 bridgehead atoms. The number of hydrogen-bond acceptors (Lipinski definition) is 3. The van der Waals surface area contributed by atoms with E-state index in [9.17, 15) is 0 Å². The SMILES string of the molecule is CCC(COC)NC(C)c1ccco1. The fourth-order valence-electron chi connectivity index (χ4n) is 1.46. The molecule has 0 fully saturated rings. The van der Waals surface area contributed by atoms with Gasteiger partial charge in [-0.25, -0.2) is 0 Å². The van der Waals surface area contributed by atoms with Crippen LogP contribution in [0.15, 0.2) is 22.8 Å². The topological polar surface area (TPSA) is 34.4 Å². The van der Waals surface area contributed by atoms with Crippen LogP contribution in [0.2, 0.25) is 0 Å². The normalized spacial score (nSPS) is 15.4. The zero-order valence-corrected chi connectivity index (χ0v) is 9.12. The highest BCUT2D eigenvalue weighted by Gasteiger charge is 2.12. The number of rotatable bonds is 6. The van der Waals surface area contributed by atoms with E-state index in [0.717, 1.165) is 18.8 Å². The number of hydrogen-bond donors (Lipinski definition) is 1. The maximum absolute atomic E-state index is 5.32. The van der Waals surface area contributed by atoms with E-state index in [1.54, 1.807) is 13.4 Å². The average molecular weight is 197 g/mol. The van der Waals surface area contributed by atoms with E-state index in [-0.39, 0.29) is 6.04 Å². The van der Waals surface area contributed by atoms with E-state index in [2.05, 4.69) is 19.2 Å². The lowest BCUT2D eigenvalue weighted by molar-refractivity contribution is 0.157. The molecule has 0 aliphatic rings. The van der Waals surface area contributed by atoms with Crippen LogP contribution in [0.1, 0.15) is 32.1 Å². The molecule has 1 aromatic rings. The first-order chi connectivity index (χ1) is 6.77. The van der Waals surface area contributed by atoms with Crippen LogP contribution in [-0.4, -0.2) is 19.8 Å². The summed E-state index contributed by atoms with van der Waals surface area (Å²) >= 11 is 0. The fourth-order valence-corrected chi connectivity index (χ4v) is 1.46. The summed E-state index contributed by atoms with van der Waals surface area (Å²) in [4.78, 5) is 0. The van der Waals surface area contributed by atoms with E-state index in [0.29, 0.717) is 6.04 Å². The lowest BCUT2D eigenvalue weighted by Gasteiger charge is -2.20. The minimum atomic E-state index is 0.241. The lowest BCUT2D eigenvalue weighted by atomic mass is 10.2. The van der Waals surface area contributed by atoms with Gasteiger partial charge in [0.05, 0.1) is 18.9 Å². The van der Waals surface area contributed by atoms with Crippen molar-refractivity contribution in [1.29, 1.82) is 0 Å². The highest BCUT2D eigenvalue weighted by Crippen LogP contribution is 2.13. The molecule has 14 heavy (non-hydrogen) atoms. The van der Waals surface area contributed by atoms with Crippen LogP contribution in [0.25, 0.3) is 0 Å². The number of furan rings is 1. The second-order valence-electron chi connectivity index (χ2n) is 3.46. The molecule has 1 heterocycles. The first kappa shape index (κ1) is 11.3. The van der Waals surface area contributed by atoms with E-state index in [1.807, 2.05) is 12.1 Å². The van der Waals surface area contributed by atoms with Crippen LogP contribution in [0.3, 0.4) is 0 Å². The van der Waals surface area contributed by atoms with E-state index < -0.39 is 0 Å². The Labute approximate surface area is 85.4 Å². The zero-order chi connectivity index (χ0) is 10.4. The summed E-state index contributed by atoms with van der Waals surface area (Å²) in [5.41, 5.74) is 0. The molecule has 1 aromatic heterocycles. The quantitative estimate of drug-likeness (QED) is 0.760. The third kappa shape index (κ3) is 3.16. The summed E-state index contributed by atoms with van der Waals surface area (Å²) in [6, 6.07) is 4.52.